The zero-order valence-corrected chi connectivity index (χ0v) is 12.1. The molecule has 0 aromatic carbocycles. The number of rotatable bonds is 7. The van der Waals surface area contributed by atoms with E-state index < -0.39 is 0 Å². The van der Waals surface area contributed by atoms with Gasteiger partial charge in [-0.15, -0.1) is 0 Å². The molecule has 2 rings (SSSR count). The molecule has 2 heterocycles. The molecule has 1 aliphatic rings. The van der Waals surface area contributed by atoms with Gasteiger partial charge in [0.15, 0.2) is 0 Å². The molecule has 0 saturated carbocycles. The van der Waals surface area contributed by atoms with Crippen LogP contribution in [0, 0.1) is 5.92 Å². The Morgan fingerprint density at radius 1 is 1.65 bits per heavy atom. The number of carbonyl (C=O) groups excluding carboxylic acids is 1. The number of aromatic amines is 1. The van der Waals surface area contributed by atoms with Crippen LogP contribution in [0.4, 0.5) is 0 Å². The second-order valence-corrected chi connectivity index (χ2v) is 5.26. The van der Waals surface area contributed by atoms with Crippen LogP contribution < -0.4 is 5.32 Å². The summed E-state index contributed by atoms with van der Waals surface area (Å²) >= 11 is 0. The van der Waals surface area contributed by atoms with E-state index in [4.69, 9.17) is 4.74 Å². The highest BCUT2D eigenvalue weighted by molar-refractivity contribution is 5.78. The van der Waals surface area contributed by atoms with Crippen LogP contribution in [-0.4, -0.2) is 60.9 Å². The van der Waals surface area contributed by atoms with Crippen molar-refractivity contribution in [3.8, 4) is 0 Å². The van der Waals surface area contributed by atoms with Crippen LogP contribution in [0.15, 0.2) is 12.3 Å². The van der Waals surface area contributed by atoms with Crippen LogP contribution in [0.25, 0.3) is 0 Å². The number of H-pyrrole nitrogens is 1. The Labute approximate surface area is 119 Å². The van der Waals surface area contributed by atoms with Gasteiger partial charge < -0.3 is 15.0 Å². The maximum Gasteiger partial charge on any atom is 0.224 e. The molecule has 1 aromatic rings. The van der Waals surface area contributed by atoms with E-state index in [0.717, 1.165) is 51.2 Å². The zero-order chi connectivity index (χ0) is 14.2. The molecule has 1 amide bonds. The monoisotopic (exact) mass is 280 g/mol. The highest BCUT2D eigenvalue weighted by Crippen LogP contribution is 2.16. The van der Waals surface area contributed by atoms with Crippen molar-refractivity contribution in [2.45, 2.75) is 19.3 Å². The number of amides is 1. The van der Waals surface area contributed by atoms with Gasteiger partial charge in [-0.3, -0.25) is 9.89 Å². The maximum atomic E-state index is 12.2. The third kappa shape index (κ3) is 4.61. The number of nitrogens with zero attached hydrogens (tertiary/aromatic N) is 2. The minimum atomic E-state index is 0.113. The third-order valence-electron chi connectivity index (χ3n) is 3.74. The van der Waals surface area contributed by atoms with Crippen molar-refractivity contribution in [1.29, 1.82) is 0 Å². The first-order valence-corrected chi connectivity index (χ1v) is 7.27. The molecule has 1 aliphatic heterocycles. The number of carbonyl (C=O) groups is 1. The lowest BCUT2D eigenvalue weighted by molar-refractivity contribution is -0.126. The third-order valence-corrected chi connectivity index (χ3v) is 3.74. The molecular weight excluding hydrogens is 256 g/mol. The first-order chi connectivity index (χ1) is 9.79. The van der Waals surface area contributed by atoms with Gasteiger partial charge in [0.1, 0.15) is 0 Å². The van der Waals surface area contributed by atoms with Gasteiger partial charge in [0, 0.05) is 45.1 Å². The lowest BCUT2D eigenvalue weighted by Crippen LogP contribution is -2.44. The Morgan fingerprint density at radius 3 is 3.30 bits per heavy atom. The largest absolute Gasteiger partial charge is 0.383 e. The number of hydrogen-bond donors (Lipinski definition) is 2. The zero-order valence-electron chi connectivity index (χ0n) is 12.1. The minimum absolute atomic E-state index is 0.113. The van der Waals surface area contributed by atoms with Crippen molar-refractivity contribution in [3.05, 3.63) is 18.0 Å². The summed E-state index contributed by atoms with van der Waals surface area (Å²) in [7, 11) is 1.71. The van der Waals surface area contributed by atoms with Gasteiger partial charge >= 0.3 is 0 Å². The Balaban J connectivity index is 1.68. The topological polar surface area (TPSA) is 70.2 Å². The van der Waals surface area contributed by atoms with Gasteiger partial charge in [-0.2, -0.15) is 5.10 Å². The number of methoxy groups -OCH3 is 1. The first-order valence-electron chi connectivity index (χ1n) is 7.27. The molecule has 6 nitrogen and oxygen atoms in total. The Bertz CT molecular complexity index is 394. The van der Waals surface area contributed by atoms with Gasteiger partial charge in [0.25, 0.3) is 0 Å². The summed E-state index contributed by atoms with van der Waals surface area (Å²) in [6, 6.07) is 1.93. The summed E-state index contributed by atoms with van der Waals surface area (Å²) in [5.74, 6) is 0.286. The van der Waals surface area contributed by atoms with Crippen LogP contribution in [0.1, 0.15) is 18.5 Å². The number of piperidine rings is 1. The van der Waals surface area contributed by atoms with E-state index in [-0.39, 0.29) is 11.8 Å². The summed E-state index contributed by atoms with van der Waals surface area (Å²) in [6.45, 7) is 4.22. The number of likely N-dealkylation sites (tertiary alicyclic amines) is 1. The molecule has 20 heavy (non-hydrogen) atoms. The normalized spacial score (nSPS) is 19.9. The molecule has 1 saturated heterocycles. The molecule has 6 heteroatoms. The fourth-order valence-corrected chi connectivity index (χ4v) is 2.58. The Hall–Kier alpha value is -1.40. The quantitative estimate of drug-likeness (QED) is 0.760. The summed E-state index contributed by atoms with van der Waals surface area (Å²) in [5.41, 5.74) is 1.05. The van der Waals surface area contributed by atoms with E-state index >= 15 is 0 Å². The fourth-order valence-electron chi connectivity index (χ4n) is 2.58. The molecule has 0 spiro atoms. The van der Waals surface area contributed by atoms with Crippen LogP contribution in [0.5, 0.6) is 0 Å². The van der Waals surface area contributed by atoms with Crippen LogP contribution in [-0.2, 0) is 16.0 Å². The van der Waals surface area contributed by atoms with Crippen molar-refractivity contribution in [2.24, 2.45) is 5.92 Å². The van der Waals surface area contributed by atoms with E-state index in [9.17, 15) is 4.79 Å². The van der Waals surface area contributed by atoms with Gasteiger partial charge in [-0.05, 0) is 25.5 Å². The Kier molecular flexibility index (Phi) is 6.01. The summed E-state index contributed by atoms with van der Waals surface area (Å²) in [4.78, 5) is 14.5. The minimum Gasteiger partial charge on any atom is -0.383 e. The average Bonchev–Trinajstić information content (AvgIpc) is 2.98. The first kappa shape index (κ1) is 15.0. The predicted octanol–water partition coefficient (Wildman–Crippen LogP) is 0.427. The maximum absolute atomic E-state index is 12.2. The van der Waals surface area contributed by atoms with Crippen molar-refractivity contribution in [2.75, 3.05) is 39.9 Å². The molecule has 112 valence electrons. The van der Waals surface area contributed by atoms with E-state index in [1.54, 1.807) is 13.3 Å². The van der Waals surface area contributed by atoms with Gasteiger partial charge in [-0.25, -0.2) is 0 Å². The highest BCUT2D eigenvalue weighted by atomic mass is 16.5. The molecule has 1 unspecified atom stereocenters. The molecule has 1 aromatic heterocycles. The molecule has 0 bridgehead atoms. The number of ether oxygens (including phenoxy) is 1. The molecule has 1 atom stereocenters. The summed E-state index contributed by atoms with van der Waals surface area (Å²) in [6.07, 6.45) is 4.60. The molecule has 1 fully saturated rings. The predicted molar refractivity (Wildman–Crippen MR) is 76.3 cm³/mol. The van der Waals surface area contributed by atoms with E-state index in [0.29, 0.717) is 6.54 Å². The Morgan fingerprint density at radius 2 is 2.55 bits per heavy atom. The van der Waals surface area contributed by atoms with E-state index in [2.05, 4.69) is 20.4 Å². The lowest BCUT2D eigenvalue weighted by atomic mass is 9.97. The van der Waals surface area contributed by atoms with Gasteiger partial charge in [0.2, 0.25) is 5.91 Å². The van der Waals surface area contributed by atoms with Crippen LogP contribution in [0.2, 0.25) is 0 Å². The summed E-state index contributed by atoms with van der Waals surface area (Å²) < 4.78 is 5.09. The number of aromatic nitrogens is 2. The van der Waals surface area contributed by atoms with Gasteiger partial charge in [0.05, 0.1) is 12.5 Å². The SMILES string of the molecule is COCCN1CCCC(C(=O)NCCc2ccn[nH]2)C1. The standard InChI is InChI=1S/C14H24N4O2/c1-20-10-9-18-8-2-3-12(11-18)14(19)15-6-4-13-5-7-16-17-13/h5,7,12H,2-4,6,8-11H2,1H3,(H,15,19)(H,16,17). The highest BCUT2D eigenvalue weighted by Gasteiger charge is 2.25. The van der Waals surface area contributed by atoms with Crippen LogP contribution in [0.3, 0.4) is 0 Å². The van der Waals surface area contributed by atoms with Crippen molar-refractivity contribution < 1.29 is 9.53 Å². The smallest absolute Gasteiger partial charge is 0.224 e. The van der Waals surface area contributed by atoms with Crippen molar-refractivity contribution in [3.63, 3.8) is 0 Å². The van der Waals surface area contributed by atoms with Crippen molar-refractivity contribution >= 4 is 5.91 Å². The summed E-state index contributed by atoms with van der Waals surface area (Å²) in [5, 5.41) is 9.81. The number of hydrogen-bond acceptors (Lipinski definition) is 4. The second kappa shape index (κ2) is 8.01. The molecular formula is C14H24N4O2. The molecule has 0 radical (unpaired) electrons. The van der Waals surface area contributed by atoms with Crippen molar-refractivity contribution in [1.82, 2.24) is 20.4 Å². The molecule has 0 aliphatic carbocycles. The average molecular weight is 280 g/mol. The lowest BCUT2D eigenvalue weighted by Gasteiger charge is -2.31. The fraction of sp³-hybridized carbons (Fsp3) is 0.714. The van der Waals surface area contributed by atoms with E-state index in [1.165, 1.54) is 0 Å². The number of nitrogens with one attached hydrogen (secondary N) is 2. The molecule has 2 N–H and O–H groups in total. The second-order valence-electron chi connectivity index (χ2n) is 5.26. The van der Waals surface area contributed by atoms with E-state index in [1.807, 2.05) is 6.07 Å². The van der Waals surface area contributed by atoms with Gasteiger partial charge in [-0.1, -0.05) is 0 Å². The van der Waals surface area contributed by atoms with Crippen LogP contribution >= 0.6 is 0 Å².